The number of non-ortho nitro benzene ring substituents is 2. The van der Waals surface area contributed by atoms with Gasteiger partial charge in [-0.05, 0) is 51.7 Å². The Morgan fingerprint density at radius 2 is 0.864 bits per heavy atom. The van der Waals surface area contributed by atoms with E-state index in [1.807, 2.05) is 13.8 Å². The van der Waals surface area contributed by atoms with E-state index in [-0.39, 0.29) is 22.7 Å². The zero-order valence-corrected chi connectivity index (χ0v) is 24.9. The molecule has 238 valence electrons. The number of hydrogen-bond donors (Lipinski definition) is 2. The number of hydrazone groups is 2. The van der Waals surface area contributed by atoms with Crippen LogP contribution in [0.15, 0.2) is 46.6 Å². The molecule has 0 spiro atoms. The molecule has 0 saturated carbocycles. The minimum atomic E-state index is -0.681. The molecule has 0 atom stereocenters. The largest absolute Gasteiger partial charge is 0.301 e. The quantitative estimate of drug-likeness (QED) is 0.0592. The minimum Gasteiger partial charge on any atom is -0.272 e. The minimum absolute atomic E-state index is 0.105. The second kappa shape index (κ2) is 18.5. The molecule has 0 amide bonds. The van der Waals surface area contributed by atoms with Crippen LogP contribution in [0.3, 0.4) is 0 Å². The van der Waals surface area contributed by atoms with Gasteiger partial charge in [-0.3, -0.25) is 51.3 Å². The highest BCUT2D eigenvalue weighted by atomic mass is 16.6. The van der Waals surface area contributed by atoms with E-state index < -0.39 is 31.1 Å². The summed E-state index contributed by atoms with van der Waals surface area (Å²) in [6, 6.07) is 6.78. The number of nitro benzene ring substituents is 4. The van der Waals surface area contributed by atoms with E-state index in [1.54, 1.807) is 0 Å². The molecule has 0 bridgehead atoms. The van der Waals surface area contributed by atoms with Crippen LogP contribution in [0.1, 0.15) is 90.9 Å². The first kappa shape index (κ1) is 35.2. The number of benzene rings is 2. The molecular formula is C28H38N8O8. The number of hydrogen-bond acceptors (Lipinski definition) is 12. The van der Waals surface area contributed by atoms with Crippen molar-refractivity contribution in [2.75, 3.05) is 10.9 Å². The van der Waals surface area contributed by atoms with E-state index in [0.29, 0.717) is 0 Å². The van der Waals surface area contributed by atoms with Crippen molar-refractivity contribution in [1.82, 2.24) is 0 Å². The SMILES string of the molecule is C/C(CCCCCCCCCCCC/C(C)=N/Nc1ccc([N+](=O)[O-])cc1[N+](=O)[O-])=N\Nc1ccc([N+](=O)[O-])cc1[N+](=O)[O-]. The summed E-state index contributed by atoms with van der Waals surface area (Å²) in [6.45, 7) is 3.66. The number of nitrogens with one attached hydrogen (secondary N) is 2. The number of rotatable bonds is 21. The zero-order valence-electron chi connectivity index (χ0n) is 24.9. The Balaban J connectivity index is 1.54. The van der Waals surface area contributed by atoms with Gasteiger partial charge in [-0.1, -0.05) is 51.4 Å². The van der Waals surface area contributed by atoms with Gasteiger partial charge in [-0.25, -0.2) is 0 Å². The molecule has 0 unspecified atom stereocenters. The molecule has 2 N–H and O–H groups in total. The van der Waals surface area contributed by atoms with E-state index in [9.17, 15) is 40.5 Å². The molecule has 0 saturated heterocycles. The molecule has 0 fully saturated rings. The van der Waals surface area contributed by atoms with Crippen LogP contribution in [0.5, 0.6) is 0 Å². The van der Waals surface area contributed by atoms with E-state index in [1.165, 1.54) is 24.3 Å². The zero-order chi connectivity index (χ0) is 32.5. The second-order valence-electron chi connectivity index (χ2n) is 10.4. The maximum absolute atomic E-state index is 11.2. The van der Waals surface area contributed by atoms with Crippen LogP contribution in [0, 0.1) is 40.5 Å². The first-order valence-electron chi connectivity index (χ1n) is 14.4. The fourth-order valence-corrected chi connectivity index (χ4v) is 4.36. The maximum Gasteiger partial charge on any atom is 0.301 e. The van der Waals surface area contributed by atoms with Gasteiger partial charge in [0.25, 0.3) is 11.4 Å². The van der Waals surface area contributed by atoms with E-state index in [0.717, 1.165) is 101 Å². The first-order valence-corrected chi connectivity index (χ1v) is 14.4. The van der Waals surface area contributed by atoms with Gasteiger partial charge in [0.15, 0.2) is 0 Å². The Hall–Kier alpha value is -5.02. The van der Waals surface area contributed by atoms with E-state index in [2.05, 4.69) is 21.1 Å². The van der Waals surface area contributed by atoms with Gasteiger partial charge in [0.1, 0.15) is 11.4 Å². The molecule has 0 heterocycles. The van der Waals surface area contributed by atoms with Gasteiger partial charge < -0.3 is 0 Å². The molecule has 44 heavy (non-hydrogen) atoms. The first-order chi connectivity index (χ1) is 21.0. The Morgan fingerprint density at radius 1 is 0.545 bits per heavy atom. The monoisotopic (exact) mass is 614 g/mol. The Bertz CT molecular complexity index is 1280. The van der Waals surface area contributed by atoms with Crippen LogP contribution in [0.25, 0.3) is 0 Å². The van der Waals surface area contributed by atoms with Gasteiger partial charge >= 0.3 is 11.4 Å². The van der Waals surface area contributed by atoms with Crippen molar-refractivity contribution in [3.63, 3.8) is 0 Å². The third kappa shape index (κ3) is 12.5. The molecule has 2 rings (SSSR count). The van der Waals surface area contributed by atoms with Crippen molar-refractivity contribution in [3.05, 3.63) is 76.9 Å². The normalized spacial score (nSPS) is 11.7. The maximum atomic E-state index is 11.2. The van der Waals surface area contributed by atoms with Gasteiger partial charge in [0.2, 0.25) is 0 Å². The van der Waals surface area contributed by atoms with Crippen molar-refractivity contribution >= 4 is 45.5 Å². The lowest BCUT2D eigenvalue weighted by molar-refractivity contribution is -0.393. The lowest BCUT2D eigenvalue weighted by atomic mass is 10.0. The van der Waals surface area contributed by atoms with Crippen molar-refractivity contribution < 1.29 is 19.7 Å². The highest BCUT2D eigenvalue weighted by molar-refractivity contribution is 5.83. The van der Waals surface area contributed by atoms with Gasteiger partial charge in [0, 0.05) is 23.6 Å². The Labute approximate surface area is 254 Å². The van der Waals surface area contributed by atoms with Gasteiger partial charge in [-0.15, -0.1) is 0 Å². The standard InChI is InChI=1S/C28H38N8O8/c1-21(29-31-25-17-15-23(33(37)38)19-27(25)35(41)42)13-11-9-7-5-3-4-6-8-10-12-14-22(2)30-32-26-18-16-24(34(39)40)20-28(26)36(43)44/h15-20,31-32H,3-14H2,1-2H3/b29-21+,30-22+. The molecular weight excluding hydrogens is 576 g/mol. The highest BCUT2D eigenvalue weighted by Crippen LogP contribution is 2.30. The molecule has 0 aromatic heterocycles. The van der Waals surface area contributed by atoms with E-state index >= 15 is 0 Å². The summed E-state index contributed by atoms with van der Waals surface area (Å²) >= 11 is 0. The van der Waals surface area contributed by atoms with Crippen molar-refractivity contribution in [2.24, 2.45) is 10.2 Å². The summed E-state index contributed by atoms with van der Waals surface area (Å²) in [4.78, 5) is 41.4. The van der Waals surface area contributed by atoms with Crippen molar-refractivity contribution in [2.45, 2.75) is 90.9 Å². The van der Waals surface area contributed by atoms with Gasteiger partial charge in [0.05, 0.1) is 31.8 Å². The summed E-state index contributed by atoms with van der Waals surface area (Å²) in [5.41, 5.74) is 5.60. The average Bonchev–Trinajstić information content (AvgIpc) is 2.98. The van der Waals surface area contributed by atoms with Crippen molar-refractivity contribution in [1.29, 1.82) is 0 Å². The number of nitro groups is 4. The molecule has 16 nitrogen and oxygen atoms in total. The average molecular weight is 615 g/mol. The third-order valence-corrected chi connectivity index (χ3v) is 6.84. The number of unbranched alkanes of at least 4 members (excludes halogenated alkanes) is 9. The summed E-state index contributed by atoms with van der Waals surface area (Å²) in [6.07, 6.45) is 12.4. The molecule has 0 aliphatic heterocycles. The third-order valence-electron chi connectivity index (χ3n) is 6.84. The topological polar surface area (TPSA) is 221 Å². The summed E-state index contributed by atoms with van der Waals surface area (Å²) in [7, 11) is 0. The Morgan fingerprint density at radius 3 is 1.16 bits per heavy atom. The predicted octanol–water partition coefficient (Wildman–Crippen LogP) is 8.28. The predicted molar refractivity (Wildman–Crippen MR) is 168 cm³/mol. The summed E-state index contributed by atoms with van der Waals surface area (Å²) in [5.74, 6) is 0. The molecule has 0 aliphatic carbocycles. The Kier molecular flexibility index (Phi) is 14.8. The second-order valence-corrected chi connectivity index (χ2v) is 10.4. The van der Waals surface area contributed by atoms with Crippen LogP contribution in [-0.4, -0.2) is 31.1 Å². The van der Waals surface area contributed by atoms with E-state index in [4.69, 9.17) is 0 Å². The lowest BCUT2D eigenvalue weighted by Crippen LogP contribution is -2.01. The fourth-order valence-electron chi connectivity index (χ4n) is 4.36. The fraction of sp³-hybridized carbons (Fsp3) is 0.500. The molecule has 2 aromatic carbocycles. The smallest absolute Gasteiger partial charge is 0.272 e. The van der Waals surface area contributed by atoms with Gasteiger partial charge in [-0.2, -0.15) is 10.2 Å². The van der Waals surface area contributed by atoms with Crippen LogP contribution in [-0.2, 0) is 0 Å². The summed E-state index contributed by atoms with van der Waals surface area (Å²) < 4.78 is 0. The van der Waals surface area contributed by atoms with Crippen molar-refractivity contribution in [3.8, 4) is 0 Å². The summed E-state index contributed by atoms with van der Waals surface area (Å²) in [5, 5.41) is 52.5. The molecule has 0 aliphatic rings. The molecule has 0 radical (unpaired) electrons. The van der Waals surface area contributed by atoms with Crippen LogP contribution >= 0.6 is 0 Å². The van der Waals surface area contributed by atoms with Crippen LogP contribution in [0.4, 0.5) is 34.1 Å². The molecule has 2 aromatic rings. The molecule has 16 heteroatoms. The van der Waals surface area contributed by atoms with Crippen LogP contribution < -0.4 is 10.9 Å². The lowest BCUT2D eigenvalue weighted by Gasteiger charge is -2.06. The van der Waals surface area contributed by atoms with Crippen LogP contribution in [0.2, 0.25) is 0 Å². The highest BCUT2D eigenvalue weighted by Gasteiger charge is 2.20. The number of anilines is 2. The number of nitrogens with zero attached hydrogens (tertiary/aromatic N) is 6.